The molecule has 0 amide bonds. The molecule has 1 nitrogen and oxygen atoms in total. The molecule has 0 bridgehead atoms. The lowest BCUT2D eigenvalue weighted by Gasteiger charge is -2.25. The summed E-state index contributed by atoms with van der Waals surface area (Å²) in [4.78, 5) is 0. The van der Waals surface area contributed by atoms with Gasteiger partial charge in [-0.2, -0.15) is 0 Å². The number of rotatable bonds is 13. The largest absolute Gasteiger partial charge is 0.254 e. The van der Waals surface area contributed by atoms with Crippen LogP contribution in [0.1, 0.15) is 111 Å². The Morgan fingerprint density at radius 2 is 1.00 bits per heavy atom. The first-order chi connectivity index (χ1) is 9.48. The molecule has 0 saturated carbocycles. The van der Waals surface area contributed by atoms with Crippen LogP contribution in [0.5, 0.6) is 0 Å². The van der Waals surface area contributed by atoms with Crippen molar-refractivity contribution in [1.82, 2.24) is 5.73 Å². The van der Waals surface area contributed by atoms with Crippen molar-refractivity contribution in [2.45, 2.75) is 117 Å². The molecule has 121 valence electrons. The van der Waals surface area contributed by atoms with Gasteiger partial charge in [-0.25, -0.2) is 0 Å². The fourth-order valence-electron chi connectivity index (χ4n) is 2.62. The van der Waals surface area contributed by atoms with E-state index in [2.05, 4.69) is 27.7 Å². The monoisotopic (exact) mass is 282 g/mol. The Morgan fingerprint density at radius 3 is 1.35 bits per heavy atom. The number of hydrogen-bond acceptors (Lipinski definition) is 0. The molecule has 1 N–H and O–H groups in total. The molecule has 0 aliphatic rings. The van der Waals surface area contributed by atoms with Gasteiger partial charge in [0, 0.05) is 6.04 Å². The highest BCUT2D eigenvalue weighted by atomic mass is 14.7. The molecule has 0 aromatic carbocycles. The fourth-order valence-corrected chi connectivity index (χ4v) is 2.62. The van der Waals surface area contributed by atoms with E-state index in [1.54, 1.807) is 0 Å². The number of nitrogens with one attached hydrogen (secondary N) is 1. The van der Waals surface area contributed by atoms with Gasteiger partial charge in [0.25, 0.3) is 0 Å². The topological polar surface area (TPSA) is 23.8 Å². The van der Waals surface area contributed by atoms with E-state index in [4.69, 9.17) is 5.73 Å². The van der Waals surface area contributed by atoms with Crippen LogP contribution in [0.15, 0.2) is 0 Å². The van der Waals surface area contributed by atoms with Gasteiger partial charge in [0.15, 0.2) is 0 Å². The van der Waals surface area contributed by atoms with Gasteiger partial charge in [0.05, 0.1) is 0 Å². The Balaban J connectivity index is 3.14. The molecule has 0 aliphatic heterocycles. The van der Waals surface area contributed by atoms with Crippen LogP contribution in [-0.4, -0.2) is 6.04 Å². The van der Waals surface area contributed by atoms with Crippen molar-refractivity contribution in [2.75, 3.05) is 0 Å². The molecular formula is C19H40N. The molecule has 1 atom stereocenters. The highest BCUT2D eigenvalue weighted by molar-refractivity contribution is 4.75. The van der Waals surface area contributed by atoms with Crippen molar-refractivity contribution in [3.8, 4) is 0 Å². The van der Waals surface area contributed by atoms with Crippen molar-refractivity contribution in [3.05, 3.63) is 0 Å². The average Bonchev–Trinajstić information content (AvgIpc) is 2.38. The van der Waals surface area contributed by atoms with Crippen LogP contribution in [0, 0.1) is 5.41 Å². The molecule has 20 heavy (non-hydrogen) atoms. The van der Waals surface area contributed by atoms with Crippen LogP contribution in [-0.2, 0) is 0 Å². The Morgan fingerprint density at radius 1 is 0.650 bits per heavy atom. The van der Waals surface area contributed by atoms with Gasteiger partial charge in [0.1, 0.15) is 0 Å². The number of hydrogen-bond donors (Lipinski definition) is 0. The zero-order valence-electron chi connectivity index (χ0n) is 14.8. The first-order valence-electron chi connectivity index (χ1n) is 9.19. The minimum atomic E-state index is 0.116. The van der Waals surface area contributed by atoms with E-state index < -0.39 is 0 Å². The summed E-state index contributed by atoms with van der Waals surface area (Å²) < 4.78 is 0. The summed E-state index contributed by atoms with van der Waals surface area (Å²) in [6.45, 7) is 8.84. The van der Waals surface area contributed by atoms with E-state index in [1.807, 2.05) is 0 Å². The third kappa shape index (κ3) is 13.0. The smallest absolute Gasteiger partial charge is 0.0261 e. The Kier molecular flexibility index (Phi) is 12.7. The zero-order valence-corrected chi connectivity index (χ0v) is 14.8. The fraction of sp³-hybridized carbons (Fsp3) is 1.00. The number of unbranched alkanes of at least 4 members (excludes halogenated alkanes) is 11. The second-order valence-electron chi connectivity index (χ2n) is 7.60. The summed E-state index contributed by atoms with van der Waals surface area (Å²) in [6.07, 6.45) is 17.9. The highest BCUT2D eigenvalue weighted by Gasteiger charge is 2.20. The van der Waals surface area contributed by atoms with Gasteiger partial charge in [0.2, 0.25) is 0 Å². The molecule has 0 aromatic rings. The third-order valence-electron chi connectivity index (χ3n) is 4.39. The molecule has 0 saturated heterocycles. The first-order valence-corrected chi connectivity index (χ1v) is 9.19. The first kappa shape index (κ1) is 20.0. The molecule has 1 unspecified atom stereocenters. The van der Waals surface area contributed by atoms with Gasteiger partial charge in [-0.3, -0.25) is 5.73 Å². The van der Waals surface area contributed by atoms with E-state index in [0.717, 1.165) is 6.42 Å². The Labute approximate surface area is 129 Å². The molecule has 0 fully saturated rings. The van der Waals surface area contributed by atoms with Gasteiger partial charge in [-0.15, -0.1) is 0 Å². The van der Waals surface area contributed by atoms with Crippen LogP contribution < -0.4 is 5.73 Å². The van der Waals surface area contributed by atoms with E-state index >= 15 is 0 Å². The molecule has 0 aliphatic carbocycles. The summed E-state index contributed by atoms with van der Waals surface area (Å²) in [6, 6.07) is 0.116. The molecule has 1 radical (unpaired) electrons. The van der Waals surface area contributed by atoms with Gasteiger partial charge >= 0.3 is 0 Å². The quantitative estimate of drug-likeness (QED) is 0.333. The standard InChI is InChI=1S/C19H40N/c1-5-6-7-8-9-10-11-12-13-14-15-16-17-18(20)19(2,3)4/h18,20H,5-17H2,1-4H3. The lowest BCUT2D eigenvalue weighted by atomic mass is 9.84. The summed E-state index contributed by atoms with van der Waals surface area (Å²) in [5.74, 6) is 0. The highest BCUT2D eigenvalue weighted by Crippen LogP contribution is 2.23. The lowest BCUT2D eigenvalue weighted by molar-refractivity contribution is 0.290. The van der Waals surface area contributed by atoms with Crippen molar-refractivity contribution in [2.24, 2.45) is 5.41 Å². The van der Waals surface area contributed by atoms with Crippen LogP contribution in [0.4, 0.5) is 0 Å². The van der Waals surface area contributed by atoms with Gasteiger partial charge < -0.3 is 0 Å². The van der Waals surface area contributed by atoms with Gasteiger partial charge in [-0.05, 0) is 11.8 Å². The lowest BCUT2D eigenvalue weighted by Crippen LogP contribution is -2.27. The molecule has 0 heterocycles. The van der Waals surface area contributed by atoms with Crippen molar-refractivity contribution < 1.29 is 0 Å². The minimum absolute atomic E-state index is 0.116. The Hall–Kier alpha value is -0.0400. The SMILES string of the molecule is CCCCCCCCCCCCCCC([NH])C(C)(C)C. The molecule has 1 heteroatoms. The van der Waals surface area contributed by atoms with Crippen LogP contribution >= 0.6 is 0 Å². The van der Waals surface area contributed by atoms with E-state index in [0.29, 0.717) is 0 Å². The maximum Gasteiger partial charge on any atom is 0.0261 e. The third-order valence-corrected chi connectivity index (χ3v) is 4.39. The van der Waals surface area contributed by atoms with Crippen LogP contribution in [0.3, 0.4) is 0 Å². The van der Waals surface area contributed by atoms with Crippen molar-refractivity contribution in [1.29, 1.82) is 0 Å². The molecular weight excluding hydrogens is 242 g/mol. The van der Waals surface area contributed by atoms with Crippen molar-refractivity contribution in [3.63, 3.8) is 0 Å². The van der Waals surface area contributed by atoms with Gasteiger partial charge in [-0.1, -0.05) is 105 Å². The predicted molar refractivity (Wildman–Crippen MR) is 92.0 cm³/mol. The second-order valence-corrected chi connectivity index (χ2v) is 7.60. The Bertz CT molecular complexity index is 192. The van der Waals surface area contributed by atoms with Crippen LogP contribution in [0.25, 0.3) is 0 Å². The normalized spacial score (nSPS) is 13.7. The molecule has 0 rings (SSSR count). The maximum atomic E-state index is 8.06. The zero-order chi connectivity index (χ0) is 15.3. The predicted octanol–water partition coefficient (Wildman–Crippen LogP) is 6.78. The summed E-state index contributed by atoms with van der Waals surface area (Å²) >= 11 is 0. The molecule has 0 spiro atoms. The van der Waals surface area contributed by atoms with Crippen molar-refractivity contribution >= 4 is 0 Å². The summed E-state index contributed by atoms with van der Waals surface area (Å²) in [7, 11) is 0. The molecule has 0 aromatic heterocycles. The van der Waals surface area contributed by atoms with E-state index in [-0.39, 0.29) is 11.5 Å². The van der Waals surface area contributed by atoms with E-state index in [1.165, 1.54) is 77.0 Å². The minimum Gasteiger partial charge on any atom is -0.254 e. The van der Waals surface area contributed by atoms with E-state index in [9.17, 15) is 0 Å². The van der Waals surface area contributed by atoms with Crippen LogP contribution in [0.2, 0.25) is 0 Å². The summed E-state index contributed by atoms with van der Waals surface area (Å²) in [5.41, 5.74) is 8.23. The second kappa shape index (κ2) is 12.7. The average molecular weight is 283 g/mol. The maximum absolute atomic E-state index is 8.06. The summed E-state index contributed by atoms with van der Waals surface area (Å²) in [5, 5.41) is 0.